The third kappa shape index (κ3) is 5.72. The molecule has 3 nitrogen and oxygen atoms in total. The number of rotatable bonds is 6. The average molecular weight is 361 g/mol. The van der Waals surface area contributed by atoms with E-state index in [0.717, 1.165) is 19.5 Å². The fourth-order valence-electron chi connectivity index (χ4n) is 3.64. The van der Waals surface area contributed by atoms with Gasteiger partial charge in [-0.25, -0.2) is 0 Å². The van der Waals surface area contributed by atoms with Gasteiger partial charge in [-0.2, -0.15) is 0 Å². The van der Waals surface area contributed by atoms with Crippen molar-refractivity contribution in [3.8, 4) is 0 Å². The Morgan fingerprint density at radius 3 is 2.80 bits per heavy atom. The number of piperidine rings is 1. The van der Waals surface area contributed by atoms with E-state index >= 15 is 0 Å². The van der Waals surface area contributed by atoms with Crippen LogP contribution in [-0.2, 0) is 11.2 Å². The summed E-state index contributed by atoms with van der Waals surface area (Å²) >= 11 is 0. The molecule has 0 bridgehead atoms. The third-order valence-electron chi connectivity index (χ3n) is 5.20. The summed E-state index contributed by atoms with van der Waals surface area (Å²) in [6.07, 6.45) is 4.01. The lowest BCUT2D eigenvalue weighted by atomic mass is 9.85. The summed E-state index contributed by atoms with van der Waals surface area (Å²) in [5, 5.41) is 9.05. The normalized spacial score (nSPS) is 18.4. The molecular weight excluding hydrogens is 332 g/mol. The molecule has 0 aromatic heterocycles. The van der Waals surface area contributed by atoms with E-state index in [9.17, 15) is 4.79 Å². The van der Waals surface area contributed by atoms with Crippen molar-refractivity contribution in [2.24, 2.45) is 11.8 Å². The number of hydrogen-bond acceptors (Lipinski definition) is 2. The number of halogens is 1. The topological polar surface area (TPSA) is 41.1 Å². The van der Waals surface area contributed by atoms with Crippen molar-refractivity contribution in [1.82, 2.24) is 10.6 Å². The predicted molar refractivity (Wildman–Crippen MR) is 107 cm³/mol. The van der Waals surface area contributed by atoms with Crippen LogP contribution in [0.5, 0.6) is 0 Å². The molecule has 0 radical (unpaired) electrons. The van der Waals surface area contributed by atoms with Crippen LogP contribution in [0.25, 0.3) is 10.8 Å². The molecule has 136 valence electrons. The summed E-state index contributed by atoms with van der Waals surface area (Å²) in [4.78, 5) is 12.2. The second-order valence-corrected chi connectivity index (χ2v) is 7.07. The quantitative estimate of drug-likeness (QED) is 0.819. The van der Waals surface area contributed by atoms with Crippen molar-refractivity contribution in [3.05, 3.63) is 48.0 Å². The monoisotopic (exact) mass is 360 g/mol. The van der Waals surface area contributed by atoms with Crippen LogP contribution in [0.2, 0.25) is 0 Å². The largest absolute Gasteiger partial charge is 0.356 e. The van der Waals surface area contributed by atoms with Crippen LogP contribution < -0.4 is 10.6 Å². The van der Waals surface area contributed by atoms with Gasteiger partial charge in [0.25, 0.3) is 0 Å². The van der Waals surface area contributed by atoms with Gasteiger partial charge in [-0.05, 0) is 60.5 Å². The van der Waals surface area contributed by atoms with Crippen LogP contribution in [0.15, 0.2) is 42.5 Å². The van der Waals surface area contributed by atoms with Crippen molar-refractivity contribution < 1.29 is 4.79 Å². The Labute approximate surface area is 157 Å². The van der Waals surface area contributed by atoms with Crippen molar-refractivity contribution in [3.63, 3.8) is 0 Å². The van der Waals surface area contributed by atoms with Crippen LogP contribution in [-0.4, -0.2) is 25.5 Å². The van der Waals surface area contributed by atoms with E-state index in [1.807, 2.05) is 0 Å². The van der Waals surface area contributed by atoms with E-state index in [-0.39, 0.29) is 18.3 Å². The second-order valence-electron chi connectivity index (χ2n) is 7.07. The zero-order chi connectivity index (χ0) is 16.8. The summed E-state index contributed by atoms with van der Waals surface area (Å²) in [6, 6.07) is 14.9. The average Bonchev–Trinajstić information content (AvgIpc) is 2.62. The van der Waals surface area contributed by atoms with E-state index in [1.54, 1.807) is 0 Å². The van der Waals surface area contributed by atoms with Crippen molar-refractivity contribution in [2.45, 2.75) is 32.6 Å². The van der Waals surface area contributed by atoms with Gasteiger partial charge < -0.3 is 10.6 Å². The van der Waals surface area contributed by atoms with Gasteiger partial charge in [0.2, 0.25) is 5.91 Å². The lowest BCUT2D eigenvalue weighted by molar-refractivity contribution is -0.122. The molecule has 1 aliphatic rings. The fraction of sp³-hybridized carbons (Fsp3) is 0.476. The molecule has 3 rings (SSSR count). The van der Waals surface area contributed by atoms with Gasteiger partial charge in [-0.3, -0.25) is 4.79 Å². The zero-order valence-electron chi connectivity index (χ0n) is 15.0. The lowest BCUT2D eigenvalue weighted by Gasteiger charge is -2.28. The molecule has 2 aromatic rings. The molecule has 1 amide bonds. The molecule has 2 aromatic carbocycles. The summed E-state index contributed by atoms with van der Waals surface area (Å²) in [5.74, 6) is 1.29. The number of benzene rings is 2. The maximum atomic E-state index is 12.2. The van der Waals surface area contributed by atoms with Gasteiger partial charge in [-0.15, -0.1) is 12.4 Å². The molecule has 25 heavy (non-hydrogen) atoms. The maximum Gasteiger partial charge on any atom is 0.220 e. The number of nitrogens with one attached hydrogen (secondary N) is 2. The van der Waals surface area contributed by atoms with Gasteiger partial charge in [0.05, 0.1) is 0 Å². The zero-order valence-corrected chi connectivity index (χ0v) is 15.8. The smallest absolute Gasteiger partial charge is 0.220 e. The fourth-order valence-corrected chi connectivity index (χ4v) is 3.64. The van der Waals surface area contributed by atoms with Gasteiger partial charge in [0.1, 0.15) is 0 Å². The third-order valence-corrected chi connectivity index (χ3v) is 5.20. The van der Waals surface area contributed by atoms with Crippen LogP contribution in [0.4, 0.5) is 0 Å². The van der Waals surface area contributed by atoms with Gasteiger partial charge in [0.15, 0.2) is 0 Å². The summed E-state index contributed by atoms with van der Waals surface area (Å²) in [5.41, 5.74) is 1.28. The molecule has 1 saturated heterocycles. The number of hydrogen-bond donors (Lipinski definition) is 2. The number of carbonyl (C=O) groups is 1. The molecule has 0 aliphatic carbocycles. The molecule has 4 heteroatoms. The summed E-state index contributed by atoms with van der Waals surface area (Å²) < 4.78 is 0. The lowest BCUT2D eigenvalue weighted by Crippen LogP contribution is -2.36. The molecule has 2 unspecified atom stereocenters. The minimum absolute atomic E-state index is 0. The Morgan fingerprint density at radius 2 is 2.04 bits per heavy atom. The maximum absolute atomic E-state index is 12.2. The number of amides is 1. The first-order chi connectivity index (χ1) is 11.7. The first kappa shape index (κ1) is 19.7. The minimum Gasteiger partial charge on any atom is -0.356 e. The summed E-state index contributed by atoms with van der Waals surface area (Å²) in [7, 11) is 0. The van der Waals surface area contributed by atoms with Crippen molar-refractivity contribution in [1.29, 1.82) is 0 Å². The molecular formula is C21H29ClN2O. The minimum atomic E-state index is 0. The highest BCUT2D eigenvalue weighted by atomic mass is 35.5. The highest BCUT2D eigenvalue weighted by Crippen LogP contribution is 2.22. The summed E-state index contributed by atoms with van der Waals surface area (Å²) in [6.45, 7) is 5.11. The Balaban J connectivity index is 0.00000225. The van der Waals surface area contributed by atoms with Crippen LogP contribution in [0, 0.1) is 11.8 Å². The molecule has 1 heterocycles. The van der Waals surface area contributed by atoms with E-state index < -0.39 is 0 Å². The molecule has 1 aliphatic heterocycles. The van der Waals surface area contributed by atoms with Crippen molar-refractivity contribution in [2.75, 3.05) is 19.6 Å². The second kappa shape index (κ2) is 9.79. The van der Waals surface area contributed by atoms with E-state index in [4.69, 9.17) is 0 Å². The van der Waals surface area contributed by atoms with Gasteiger partial charge in [0, 0.05) is 13.0 Å². The Kier molecular flexibility index (Phi) is 7.73. The van der Waals surface area contributed by atoms with Gasteiger partial charge >= 0.3 is 0 Å². The van der Waals surface area contributed by atoms with E-state index in [2.05, 4.69) is 60.0 Å². The Hall–Kier alpha value is -1.58. The van der Waals surface area contributed by atoms with E-state index in [0.29, 0.717) is 24.8 Å². The standard InChI is InChI=1S/C21H28N2O.ClH/c1-16(20-7-4-11-22-15-20)13-21(24)23-12-10-17-8-9-18-5-2-3-6-19(18)14-17;/h2-3,5-6,8-9,14,16,20,22H,4,7,10-13,15H2,1H3,(H,23,24);1H. The van der Waals surface area contributed by atoms with Crippen LogP contribution in [0.1, 0.15) is 31.7 Å². The molecule has 2 atom stereocenters. The van der Waals surface area contributed by atoms with Gasteiger partial charge in [-0.1, -0.05) is 49.4 Å². The van der Waals surface area contributed by atoms with Crippen LogP contribution in [0.3, 0.4) is 0 Å². The predicted octanol–water partition coefficient (Wildman–Crippen LogP) is 3.95. The Morgan fingerprint density at radius 1 is 1.24 bits per heavy atom. The molecule has 0 spiro atoms. The van der Waals surface area contributed by atoms with Crippen LogP contribution >= 0.6 is 12.4 Å². The molecule has 1 fully saturated rings. The van der Waals surface area contributed by atoms with Crippen molar-refractivity contribution >= 4 is 29.1 Å². The molecule has 0 saturated carbocycles. The highest BCUT2D eigenvalue weighted by Gasteiger charge is 2.21. The number of fused-ring (bicyclic) bond motifs is 1. The van der Waals surface area contributed by atoms with E-state index in [1.165, 1.54) is 29.2 Å². The number of carbonyl (C=O) groups excluding carboxylic acids is 1. The first-order valence-electron chi connectivity index (χ1n) is 9.17. The SMILES string of the molecule is CC(CC(=O)NCCc1ccc2ccccc2c1)C1CCCNC1.Cl. The molecule has 2 N–H and O–H groups in total. The highest BCUT2D eigenvalue weighted by molar-refractivity contribution is 5.85. The first-order valence-corrected chi connectivity index (χ1v) is 9.17. The Bertz CT molecular complexity index is 682.